The van der Waals surface area contributed by atoms with Gasteiger partial charge in [-0.1, -0.05) is 30.0 Å². The average Bonchev–Trinajstić information content (AvgIpc) is 2.91. The first-order valence-electron chi connectivity index (χ1n) is 7.82. The number of carbonyl (C=O) groups excluding carboxylic acids is 4. The second-order valence-electron chi connectivity index (χ2n) is 5.53. The molecule has 0 saturated carbocycles. The third-order valence-electron chi connectivity index (χ3n) is 3.60. The lowest BCUT2D eigenvalue weighted by molar-refractivity contribution is -0.319. The van der Waals surface area contributed by atoms with Crippen molar-refractivity contribution in [1.82, 2.24) is 4.90 Å². The number of benzene rings is 1. The first-order chi connectivity index (χ1) is 13.6. The lowest BCUT2D eigenvalue weighted by Gasteiger charge is -2.27. The first kappa shape index (κ1) is 22.2. The van der Waals surface area contributed by atoms with Crippen LogP contribution in [0.4, 0.5) is 0 Å². The predicted octanol–water partition coefficient (Wildman–Crippen LogP) is -2.72. The van der Waals surface area contributed by atoms with E-state index in [0.29, 0.717) is 10.5 Å². The van der Waals surface area contributed by atoms with Gasteiger partial charge in [-0.25, -0.2) is 0 Å². The second kappa shape index (κ2) is 9.39. The number of ether oxygens (including phenoxy) is 2. The zero-order valence-corrected chi connectivity index (χ0v) is 16.4. The third-order valence-corrected chi connectivity index (χ3v) is 4.93. The molecule has 0 unspecified atom stereocenters. The highest BCUT2D eigenvalue weighted by molar-refractivity contribution is 8.26. The maximum absolute atomic E-state index is 12.6. The Morgan fingerprint density at radius 2 is 1.90 bits per heavy atom. The Morgan fingerprint density at radius 1 is 1.21 bits per heavy atom. The van der Waals surface area contributed by atoms with Gasteiger partial charge in [-0.2, -0.15) is 0 Å². The van der Waals surface area contributed by atoms with E-state index in [1.165, 1.54) is 31.4 Å². The number of hydrogen-bond acceptors (Lipinski definition) is 11. The lowest BCUT2D eigenvalue weighted by Crippen LogP contribution is -2.52. The van der Waals surface area contributed by atoms with Crippen LogP contribution >= 0.6 is 24.0 Å². The number of nitrogens with zero attached hydrogens (tertiary/aromatic N) is 1. The van der Waals surface area contributed by atoms with Crippen molar-refractivity contribution in [2.24, 2.45) is 0 Å². The van der Waals surface area contributed by atoms with Gasteiger partial charge in [-0.15, -0.1) is 0 Å². The van der Waals surface area contributed by atoms with Crippen molar-refractivity contribution in [3.63, 3.8) is 0 Å². The van der Waals surface area contributed by atoms with Crippen molar-refractivity contribution in [3.8, 4) is 11.5 Å². The summed E-state index contributed by atoms with van der Waals surface area (Å²) in [5.74, 6) is -5.35. The highest BCUT2D eigenvalue weighted by Crippen LogP contribution is 2.36. The molecule has 0 aromatic heterocycles. The Bertz CT molecular complexity index is 912. The number of carboxylic acid groups (broad SMARTS) is 3. The van der Waals surface area contributed by atoms with Crippen LogP contribution in [-0.4, -0.2) is 52.8 Å². The molecule has 1 atom stereocenters. The zero-order valence-electron chi connectivity index (χ0n) is 14.7. The van der Waals surface area contributed by atoms with E-state index in [2.05, 4.69) is 0 Å². The molecule has 154 valence electrons. The van der Waals surface area contributed by atoms with Gasteiger partial charge in [0, 0.05) is 12.4 Å². The van der Waals surface area contributed by atoms with E-state index < -0.39 is 42.9 Å². The van der Waals surface area contributed by atoms with Crippen molar-refractivity contribution < 1.29 is 44.0 Å². The molecule has 2 rings (SSSR count). The Labute approximate surface area is 173 Å². The zero-order chi connectivity index (χ0) is 21.7. The van der Waals surface area contributed by atoms with Gasteiger partial charge in [-0.3, -0.25) is 9.69 Å². The number of rotatable bonds is 9. The van der Waals surface area contributed by atoms with E-state index in [0.717, 1.165) is 11.8 Å². The van der Waals surface area contributed by atoms with Crippen LogP contribution in [0.2, 0.25) is 0 Å². The van der Waals surface area contributed by atoms with Gasteiger partial charge in [0.1, 0.15) is 10.9 Å². The Hall–Kier alpha value is -3.12. The largest absolute Gasteiger partial charge is 0.550 e. The second-order valence-corrected chi connectivity index (χ2v) is 7.21. The van der Waals surface area contributed by atoms with Crippen LogP contribution in [0.3, 0.4) is 0 Å². The average molecular weight is 438 g/mol. The monoisotopic (exact) mass is 438 g/mol. The number of thioether (sulfide) groups is 1. The van der Waals surface area contributed by atoms with Gasteiger partial charge in [0.25, 0.3) is 5.91 Å². The smallest absolute Gasteiger partial charge is 0.266 e. The molecule has 1 aromatic carbocycles. The molecule has 1 aliphatic heterocycles. The van der Waals surface area contributed by atoms with Crippen LogP contribution in [0.15, 0.2) is 23.1 Å². The van der Waals surface area contributed by atoms with E-state index in [-0.39, 0.29) is 20.7 Å². The number of carbonyl (C=O) groups is 4. The maximum atomic E-state index is 12.6. The van der Waals surface area contributed by atoms with Crippen LogP contribution < -0.4 is 24.8 Å². The molecule has 0 N–H and O–H groups in total. The molecule has 1 aliphatic rings. The van der Waals surface area contributed by atoms with Gasteiger partial charge < -0.3 is 39.2 Å². The van der Waals surface area contributed by atoms with Crippen LogP contribution in [0, 0.1) is 0 Å². The summed E-state index contributed by atoms with van der Waals surface area (Å²) in [4.78, 5) is 45.8. The number of methoxy groups -OCH3 is 1. The van der Waals surface area contributed by atoms with E-state index in [1.54, 1.807) is 0 Å². The minimum Gasteiger partial charge on any atom is -0.550 e. The molecule has 12 heteroatoms. The van der Waals surface area contributed by atoms with Crippen molar-refractivity contribution in [3.05, 3.63) is 28.7 Å². The quantitative estimate of drug-likeness (QED) is 0.291. The molecular weight excluding hydrogens is 426 g/mol. The van der Waals surface area contributed by atoms with E-state index in [1.807, 2.05) is 0 Å². The number of hydrogen-bond donors (Lipinski definition) is 0. The van der Waals surface area contributed by atoms with Crippen molar-refractivity contribution in [2.45, 2.75) is 12.5 Å². The SMILES string of the molecule is COc1cc(/C=C2\SC(=S)N([C@H](CC(=O)[O-])C(=O)[O-])C2=O)ccc1OCC(=O)[O-]. The molecule has 1 heterocycles. The topological polar surface area (TPSA) is 159 Å². The van der Waals surface area contributed by atoms with Crippen molar-refractivity contribution in [2.75, 3.05) is 13.7 Å². The van der Waals surface area contributed by atoms with Crippen molar-refractivity contribution >= 4 is 58.2 Å². The minimum atomic E-state index is -1.80. The fraction of sp³-hybridized carbons (Fsp3) is 0.235. The highest BCUT2D eigenvalue weighted by Gasteiger charge is 2.37. The van der Waals surface area contributed by atoms with Gasteiger partial charge in [-0.05, 0) is 23.8 Å². The lowest BCUT2D eigenvalue weighted by atomic mass is 10.1. The Morgan fingerprint density at radius 3 is 2.45 bits per heavy atom. The summed E-state index contributed by atoms with van der Waals surface area (Å²) in [7, 11) is 1.33. The summed E-state index contributed by atoms with van der Waals surface area (Å²) in [6.45, 7) is -0.683. The summed E-state index contributed by atoms with van der Waals surface area (Å²) in [6.07, 6.45) is 0.413. The van der Waals surface area contributed by atoms with E-state index >= 15 is 0 Å². The summed E-state index contributed by atoms with van der Waals surface area (Å²) >= 11 is 5.79. The molecule has 29 heavy (non-hydrogen) atoms. The van der Waals surface area contributed by atoms with Gasteiger partial charge in [0.2, 0.25) is 0 Å². The molecule has 1 saturated heterocycles. The summed E-state index contributed by atoms with van der Waals surface area (Å²) in [5, 5.41) is 32.5. The van der Waals surface area contributed by atoms with E-state index in [9.17, 15) is 34.5 Å². The predicted molar refractivity (Wildman–Crippen MR) is 96.9 cm³/mol. The molecule has 0 bridgehead atoms. The number of thiocarbonyl (C=S) groups is 1. The molecule has 0 radical (unpaired) electrons. The normalized spacial score (nSPS) is 16.0. The fourth-order valence-electron chi connectivity index (χ4n) is 2.37. The maximum Gasteiger partial charge on any atom is 0.266 e. The van der Waals surface area contributed by atoms with Crippen LogP contribution in [-0.2, 0) is 19.2 Å². The summed E-state index contributed by atoms with van der Waals surface area (Å²) < 4.78 is 9.99. The minimum absolute atomic E-state index is 0.0463. The fourth-order valence-corrected chi connectivity index (χ4v) is 3.72. The molecule has 10 nitrogen and oxygen atoms in total. The van der Waals surface area contributed by atoms with Gasteiger partial charge in [0.05, 0.1) is 30.0 Å². The standard InChI is InChI=1S/C17H15NO9S2/c1-26-11-4-8(2-3-10(11)27-7-14(21)22)5-12-15(23)18(17(28)29-12)9(16(24)25)6-13(19)20/h2-5,9H,6-7H2,1H3,(H,19,20)(H,21,22)(H,24,25)/p-3/b12-5-/t9-/m1/s1. The molecule has 0 spiro atoms. The Balaban J connectivity index is 2.29. The number of aliphatic carboxylic acids is 3. The summed E-state index contributed by atoms with van der Waals surface area (Å²) in [5.41, 5.74) is 0.438. The number of amides is 1. The van der Waals surface area contributed by atoms with Crippen molar-refractivity contribution in [1.29, 1.82) is 0 Å². The molecule has 1 fully saturated rings. The van der Waals surface area contributed by atoms with E-state index in [4.69, 9.17) is 21.7 Å². The third kappa shape index (κ3) is 5.45. The summed E-state index contributed by atoms with van der Waals surface area (Å²) in [6, 6.07) is 2.56. The molecule has 1 aromatic rings. The van der Waals surface area contributed by atoms with Crippen LogP contribution in [0.1, 0.15) is 12.0 Å². The van der Waals surface area contributed by atoms with Crippen LogP contribution in [0.5, 0.6) is 11.5 Å². The molecule has 1 amide bonds. The van der Waals surface area contributed by atoms with Gasteiger partial charge in [0.15, 0.2) is 11.5 Å². The number of carboxylic acids is 3. The molecular formula is C17H12NO9S2-3. The first-order valence-corrected chi connectivity index (χ1v) is 9.05. The Kier molecular flexibility index (Phi) is 7.18. The van der Waals surface area contributed by atoms with Crippen LogP contribution in [0.25, 0.3) is 6.08 Å². The van der Waals surface area contributed by atoms with Gasteiger partial charge >= 0.3 is 0 Å². The molecule has 0 aliphatic carbocycles. The highest BCUT2D eigenvalue weighted by atomic mass is 32.2.